The van der Waals surface area contributed by atoms with Gasteiger partial charge in [-0.05, 0) is 46.1 Å². The number of aryl methyl sites for hydroxylation is 2. The standard InChI is InChI=1S/C18H28N6S.HI/c1-5-19-18(21-10-16-9-20-13(4)25-16)22-15-7-6-14-11-24(12(2)3)23-17(14)8-15;/h9,11-12,15H,5-8,10H2,1-4H3,(H2,19,21,22);1H. The molecule has 0 aliphatic heterocycles. The molecule has 2 aromatic heterocycles. The molecule has 1 aliphatic carbocycles. The summed E-state index contributed by atoms with van der Waals surface area (Å²) < 4.78 is 2.08. The molecule has 1 unspecified atom stereocenters. The first-order valence-electron chi connectivity index (χ1n) is 9.08. The van der Waals surface area contributed by atoms with Crippen LogP contribution in [0.15, 0.2) is 17.4 Å². The van der Waals surface area contributed by atoms with Gasteiger partial charge in [0.05, 0.1) is 17.2 Å². The van der Waals surface area contributed by atoms with E-state index in [0.717, 1.165) is 36.8 Å². The third kappa shape index (κ3) is 5.42. The van der Waals surface area contributed by atoms with Crippen LogP contribution in [0.1, 0.15) is 54.4 Å². The summed E-state index contributed by atoms with van der Waals surface area (Å²) in [7, 11) is 0. The number of aliphatic imine (C=N–C) groups is 1. The summed E-state index contributed by atoms with van der Waals surface area (Å²) in [5.74, 6) is 0.880. The van der Waals surface area contributed by atoms with Gasteiger partial charge < -0.3 is 10.6 Å². The molecule has 144 valence electrons. The molecule has 1 atom stereocenters. The molecule has 0 spiro atoms. The monoisotopic (exact) mass is 488 g/mol. The topological polar surface area (TPSA) is 67.1 Å². The number of nitrogens with zero attached hydrogens (tertiary/aromatic N) is 4. The van der Waals surface area contributed by atoms with Gasteiger partial charge in [0.1, 0.15) is 0 Å². The minimum Gasteiger partial charge on any atom is -0.357 e. The van der Waals surface area contributed by atoms with Gasteiger partial charge in [-0.2, -0.15) is 5.10 Å². The van der Waals surface area contributed by atoms with E-state index < -0.39 is 0 Å². The van der Waals surface area contributed by atoms with E-state index in [0.29, 0.717) is 18.6 Å². The van der Waals surface area contributed by atoms with Crippen LogP contribution in [-0.2, 0) is 19.4 Å². The molecule has 2 N–H and O–H groups in total. The fourth-order valence-corrected chi connectivity index (χ4v) is 3.77. The molecule has 1 aliphatic rings. The molecule has 3 rings (SSSR count). The molecule has 0 saturated carbocycles. The Kier molecular flexibility index (Phi) is 7.87. The van der Waals surface area contributed by atoms with Gasteiger partial charge in [0.15, 0.2) is 5.96 Å². The van der Waals surface area contributed by atoms with E-state index in [9.17, 15) is 0 Å². The number of fused-ring (bicyclic) bond motifs is 1. The molecule has 2 heterocycles. The lowest BCUT2D eigenvalue weighted by molar-refractivity contribution is 0.499. The summed E-state index contributed by atoms with van der Waals surface area (Å²) in [5, 5.41) is 12.8. The van der Waals surface area contributed by atoms with Gasteiger partial charge >= 0.3 is 0 Å². The first-order chi connectivity index (χ1) is 12.0. The highest BCUT2D eigenvalue weighted by atomic mass is 127. The summed E-state index contributed by atoms with van der Waals surface area (Å²) >= 11 is 1.70. The highest BCUT2D eigenvalue weighted by molar-refractivity contribution is 14.0. The Morgan fingerprint density at radius 1 is 1.46 bits per heavy atom. The summed E-state index contributed by atoms with van der Waals surface area (Å²) in [6.07, 6.45) is 7.27. The second-order valence-electron chi connectivity index (χ2n) is 6.80. The van der Waals surface area contributed by atoms with Crippen molar-refractivity contribution >= 4 is 41.3 Å². The van der Waals surface area contributed by atoms with Crippen molar-refractivity contribution in [1.29, 1.82) is 0 Å². The maximum Gasteiger partial charge on any atom is 0.191 e. The molecule has 0 saturated heterocycles. The third-order valence-corrected chi connectivity index (χ3v) is 5.27. The third-order valence-electron chi connectivity index (χ3n) is 4.37. The Bertz CT molecular complexity index is 736. The lowest BCUT2D eigenvalue weighted by atomic mass is 9.94. The number of aromatic nitrogens is 3. The zero-order valence-electron chi connectivity index (χ0n) is 16.0. The van der Waals surface area contributed by atoms with Crippen LogP contribution in [0.5, 0.6) is 0 Å². The fourth-order valence-electron chi connectivity index (χ4n) is 3.05. The van der Waals surface area contributed by atoms with Crippen LogP contribution in [0.2, 0.25) is 0 Å². The largest absolute Gasteiger partial charge is 0.357 e. The van der Waals surface area contributed by atoms with Gasteiger partial charge in [-0.15, -0.1) is 35.3 Å². The van der Waals surface area contributed by atoms with Crippen molar-refractivity contribution in [3.8, 4) is 0 Å². The lowest BCUT2D eigenvalue weighted by Crippen LogP contribution is -2.45. The van der Waals surface area contributed by atoms with Crippen LogP contribution in [-0.4, -0.2) is 33.3 Å². The first-order valence-corrected chi connectivity index (χ1v) is 9.89. The van der Waals surface area contributed by atoms with Crippen molar-refractivity contribution in [3.63, 3.8) is 0 Å². The van der Waals surface area contributed by atoms with Crippen molar-refractivity contribution < 1.29 is 0 Å². The molecule has 8 heteroatoms. The number of hydrogen-bond donors (Lipinski definition) is 2. The summed E-state index contributed by atoms with van der Waals surface area (Å²) in [6, 6.07) is 0.794. The Hall–Kier alpha value is -1.16. The van der Waals surface area contributed by atoms with E-state index in [2.05, 4.69) is 47.3 Å². The number of hydrogen-bond acceptors (Lipinski definition) is 4. The fraction of sp³-hybridized carbons (Fsp3) is 0.611. The average Bonchev–Trinajstić information content (AvgIpc) is 3.18. The molecular weight excluding hydrogens is 459 g/mol. The van der Waals surface area contributed by atoms with Gasteiger partial charge in [0.25, 0.3) is 0 Å². The van der Waals surface area contributed by atoms with Crippen LogP contribution >= 0.6 is 35.3 Å². The van der Waals surface area contributed by atoms with E-state index in [4.69, 9.17) is 10.1 Å². The van der Waals surface area contributed by atoms with Crippen molar-refractivity contribution in [2.75, 3.05) is 6.54 Å². The minimum atomic E-state index is 0. The number of thiazole rings is 1. The first kappa shape index (κ1) is 21.1. The van der Waals surface area contributed by atoms with Gasteiger partial charge in [-0.1, -0.05) is 0 Å². The summed E-state index contributed by atoms with van der Waals surface area (Å²) in [4.78, 5) is 10.2. The summed E-state index contributed by atoms with van der Waals surface area (Å²) in [6.45, 7) is 9.99. The van der Waals surface area contributed by atoms with Crippen molar-refractivity contribution in [1.82, 2.24) is 25.4 Å². The predicted octanol–water partition coefficient (Wildman–Crippen LogP) is 3.46. The second kappa shape index (κ2) is 9.68. The van der Waals surface area contributed by atoms with Gasteiger partial charge in [-0.25, -0.2) is 9.98 Å². The van der Waals surface area contributed by atoms with E-state index in [1.165, 1.54) is 16.1 Å². The zero-order chi connectivity index (χ0) is 17.8. The van der Waals surface area contributed by atoms with E-state index in [1.54, 1.807) is 11.3 Å². The molecule has 0 fully saturated rings. The molecule has 0 aromatic carbocycles. The minimum absolute atomic E-state index is 0. The quantitative estimate of drug-likeness (QED) is 0.385. The Labute approximate surface area is 176 Å². The number of rotatable bonds is 5. The molecule has 2 aromatic rings. The molecule has 0 amide bonds. The smallest absolute Gasteiger partial charge is 0.191 e. The van der Waals surface area contributed by atoms with Crippen molar-refractivity contribution in [2.45, 2.75) is 65.6 Å². The predicted molar refractivity (Wildman–Crippen MR) is 119 cm³/mol. The van der Waals surface area contributed by atoms with Crippen LogP contribution in [0, 0.1) is 6.92 Å². The molecular formula is C18H29IN6S. The lowest BCUT2D eigenvalue weighted by Gasteiger charge is -2.24. The zero-order valence-corrected chi connectivity index (χ0v) is 19.1. The van der Waals surface area contributed by atoms with Crippen LogP contribution < -0.4 is 10.6 Å². The van der Waals surface area contributed by atoms with E-state index in [-0.39, 0.29) is 24.0 Å². The van der Waals surface area contributed by atoms with Crippen LogP contribution in [0.4, 0.5) is 0 Å². The number of nitrogens with one attached hydrogen (secondary N) is 2. The SMILES string of the molecule is CCNC(=NCc1cnc(C)s1)NC1CCc2cn(C(C)C)nc2C1.I. The van der Waals surface area contributed by atoms with Crippen LogP contribution in [0.25, 0.3) is 0 Å². The maximum atomic E-state index is 4.76. The van der Waals surface area contributed by atoms with E-state index in [1.807, 2.05) is 13.1 Å². The van der Waals surface area contributed by atoms with Gasteiger partial charge in [-0.3, -0.25) is 4.68 Å². The van der Waals surface area contributed by atoms with Gasteiger partial charge in [0.2, 0.25) is 0 Å². The molecule has 6 nitrogen and oxygen atoms in total. The van der Waals surface area contributed by atoms with Crippen molar-refractivity contribution in [3.05, 3.63) is 33.5 Å². The number of guanidine groups is 1. The van der Waals surface area contributed by atoms with Crippen molar-refractivity contribution in [2.24, 2.45) is 4.99 Å². The molecule has 0 bridgehead atoms. The Morgan fingerprint density at radius 2 is 2.27 bits per heavy atom. The highest BCUT2D eigenvalue weighted by Gasteiger charge is 2.23. The van der Waals surface area contributed by atoms with E-state index >= 15 is 0 Å². The molecule has 0 radical (unpaired) electrons. The highest BCUT2D eigenvalue weighted by Crippen LogP contribution is 2.21. The van der Waals surface area contributed by atoms with Crippen LogP contribution in [0.3, 0.4) is 0 Å². The number of halogens is 1. The normalized spacial score (nSPS) is 17.0. The Morgan fingerprint density at radius 3 is 2.92 bits per heavy atom. The summed E-state index contributed by atoms with van der Waals surface area (Å²) in [5.41, 5.74) is 2.63. The Balaban J connectivity index is 0.00000243. The average molecular weight is 488 g/mol. The molecule has 26 heavy (non-hydrogen) atoms. The van der Waals surface area contributed by atoms with Gasteiger partial charge in [0, 0.05) is 42.3 Å². The maximum absolute atomic E-state index is 4.76. The second-order valence-corrected chi connectivity index (χ2v) is 8.12.